The first-order chi connectivity index (χ1) is 8.11. The summed E-state index contributed by atoms with van der Waals surface area (Å²) in [6, 6.07) is 0.0475. The Bertz CT molecular complexity index is 319. The first-order valence-corrected chi connectivity index (χ1v) is 6.40. The summed E-state index contributed by atoms with van der Waals surface area (Å²) in [5.74, 6) is -0.0927. The lowest BCUT2D eigenvalue weighted by molar-refractivity contribution is -0.138. The van der Waals surface area contributed by atoms with Gasteiger partial charge in [0.1, 0.15) is 0 Å². The van der Waals surface area contributed by atoms with Crippen LogP contribution in [0.25, 0.3) is 0 Å². The summed E-state index contributed by atoms with van der Waals surface area (Å²) in [5.41, 5.74) is 0. The Kier molecular flexibility index (Phi) is 3.79. The third kappa shape index (κ3) is 2.66. The Hall–Kier alpha value is -0.940. The molecule has 0 radical (unpaired) electrons. The number of carbonyl (C=O) groups excluding carboxylic acids is 2. The van der Waals surface area contributed by atoms with Crippen molar-refractivity contribution < 1.29 is 9.59 Å². The molecule has 5 nitrogen and oxygen atoms in total. The molecule has 2 saturated heterocycles. The van der Waals surface area contributed by atoms with Crippen LogP contribution >= 0.6 is 0 Å². The smallest absolute Gasteiger partial charge is 0.246 e. The van der Waals surface area contributed by atoms with E-state index in [1.54, 1.807) is 0 Å². The van der Waals surface area contributed by atoms with Crippen molar-refractivity contribution in [3.8, 4) is 0 Å². The fraction of sp³-hybridized carbons (Fsp3) is 0.833. The molecule has 2 atom stereocenters. The van der Waals surface area contributed by atoms with Crippen molar-refractivity contribution in [2.45, 2.75) is 38.3 Å². The minimum absolute atomic E-state index is 0.0424. The standard InChI is InChI=1S/C12H21N3O2/c1-3-15-11(16)7-10(12(15)17)13-9-5-4-6-14(2)8-9/h9-10,13H,3-8H2,1-2H3. The molecule has 5 heteroatoms. The van der Waals surface area contributed by atoms with Crippen molar-refractivity contribution in [2.24, 2.45) is 0 Å². The lowest BCUT2D eigenvalue weighted by Crippen LogP contribution is -2.50. The first kappa shape index (κ1) is 12.5. The molecule has 0 aromatic rings. The molecule has 0 saturated carbocycles. The Morgan fingerprint density at radius 1 is 1.41 bits per heavy atom. The van der Waals surface area contributed by atoms with E-state index in [4.69, 9.17) is 0 Å². The molecule has 2 aliphatic heterocycles. The van der Waals surface area contributed by atoms with Crippen LogP contribution in [0.5, 0.6) is 0 Å². The number of carbonyl (C=O) groups is 2. The van der Waals surface area contributed by atoms with Crippen molar-refractivity contribution in [2.75, 3.05) is 26.7 Å². The average Bonchev–Trinajstić information content (AvgIpc) is 2.54. The lowest BCUT2D eigenvalue weighted by atomic mass is 10.0. The molecule has 2 heterocycles. The zero-order valence-corrected chi connectivity index (χ0v) is 10.6. The van der Waals surface area contributed by atoms with Crippen LogP contribution in [0.15, 0.2) is 0 Å². The molecule has 1 N–H and O–H groups in total. The van der Waals surface area contributed by atoms with Gasteiger partial charge in [0.25, 0.3) is 0 Å². The first-order valence-electron chi connectivity index (χ1n) is 6.40. The monoisotopic (exact) mass is 239 g/mol. The highest BCUT2D eigenvalue weighted by atomic mass is 16.2. The number of imide groups is 1. The average molecular weight is 239 g/mol. The molecule has 2 amide bonds. The van der Waals surface area contributed by atoms with E-state index in [2.05, 4.69) is 17.3 Å². The second-order valence-corrected chi connectivity index (χ2v) is 5.00. The molecular formula is C12H21N3O2. The highest BCUT2D eigenvalue weighted by molar-refractivity contribution is 6.05. The summed E-state index contributed by atoms with van der Waals surface area (Å²) in [6.07, 6.45) is 2.57. The van der Waals surface area contributed by atoms with Crippen LogP contribution in [0.2, 0.25) is 0 Å². The van der Waals surface area contributed by atoms with E-state index in [-0.39, 0.29) is 17.9 Å². The fourth-order valence-electron chi connectivity index (χ4n) is 2.73. The summed E-state index contributed by atoms with van der Waals surface area (Å²) < 4.78 is 0. The minimum atomic E-state index is -0.293. The molecule has 2 rings (SSSR count). The summed E-state index contributed by atoms with van der Waals surface area (Å²) in [4.78, 5) is 27.1. The van der Waals surface area contributed by atoms with E-state index >= 15 is 0 Å². The zero-order chi connectivity index (χ0) is 12.4. The molecule has 0 aromatic carbocycles. The third-order valence-corrected chi connectivity index (χ3v) is 3.62. The van der Waals surface area contributed by atoms with Gasteiger partial charge in [-0.25, -0.2) is 0 Å². The van der Waals surface area contributed by atoms with Gasteiger partial charge in [-0.05, 0) is 33.4 Å². The number of nitrogens with zero attached hydrogens (tertiary/aromatic N) is 2. The summed E-state index contributed by atoms with van der Waals surface area (Å²) in [7, 11) is 2.09. The third-order valence-electron chi connectivity index (χ3n) is 3.62. The second kappa shape index (κ2) is 5.14. The maximum absolute atomic E-state index is 11.9. The van der Waals surface area contributed by atoms with Crippen LogP contribution in [0.1, 0.15) is 26.2 Å². The van der Waals surface area contributed by atoms with E-state index in [1.165, 1.54) is 4.90 Å². The highest BCUT2D eigenvalue weighted by Crippen LogP contribution is 2.16. The normalized spacial score (nSPS) is 31.3. The number of likely N-dealkylation sites (N-methyl/N-ethyl adjacent to an activating group) is 2. The van der Waals surface area contributed by atoms with Crippen molar-refractivity contribution in [1.82, 2.24) is 15.1 Å². The predicted molar refractivity (Wildman–Crippen MR) is 64.5 cm³/mol. The maximum Gasteiger partial charge on any atom is 0.246 e. The van der Waals surface area contributed by atoms with Gasteiger partial charge < -0.3 is 10.2 Å². The molecule has 0 aromatic heterocycles. The Balaban J connectivity index is 1.91. The van der Waals surface area contributed by atoms with Crippen LogP contribution in [0.4, 0.5) is 0 Å². The Morgan fingerprint density at radius 3 is 2.76 bits per heavy atom. The number of hydrogen-bond acceptors (Lipinski definition) is 4. The van der Waals surface area contributed by atoms with E-state index in [0.717, 1.165) is 25.9 Å². The number of piperidine rings is 1. The largest absolute Gasteiger partial charge is 0.305 e. The number of nitrogens with one attached hydrogen (secondary N) is 1. The van der Waals surface area contributed by atoms with Crippen molar-refractivity contribution >= 4 is 11.8 Å². The highest BCUT2D eigenvalue weighted by Gasteiger charge is 2.38. The Morgan fingerprint density at radius 2 is 2.18 bits per heavy atom. The van der Waals surface area contributed by atoms with Crippen LogP contribution in [-0.4, -0.2) is 60.4 Å². The second-order valence-electron chi connectivity index (χ2n) is 5.00. The van der Waals surface area contributed by atoms with Crippen molar-refractivity contribution in [3.05, 3.63) is 0 Å². The number of likely N-dealkylation sites (tertiary alicyclic amines) is 2. The quantitative estimate of drug-likeness (QED) is 0.694. The molecule has 0 aliphatic carbocycles. The van der Waals surface area contributed by atoms with E-state index < -0.39 is 0 Å². The topological polar surface area (TPSA) is 52.7 Å². The van der Waals surface area contributed by atoms with Gasteiger partial charge in [-0.1, -0.05) is 0 Å². The predicted octanol–water partition coefficient (Wildman–Crippen LogP) is -0.182. The van der Waals surface area contributed by atoms with E-state index in [1.807, 2.05) is 6.92 Å². The molecule has 0 spiro atoms. The molecule has 0 bridgehead atoms. The maximum atomic E-state index is 11.9. The Labute approximate surface area is 102 Å². The molecule has 2 unspecified atom stereocenters. The van der Waals surface area contributed by atoms with Crippen LogP contribution < -0.4 is 5.32 Å². The fourth-order valence-corrected chi connectivity index (χ4v) is 2.73. The van der Waals surface area contributed by atoms with Gasteiger partial charge in [0.15, 0.2) is 0 Å². The lowest BCUT2D eigenvalue weighted by Gasteiger charge is -2.31. The van der Waals surface area contributed by atoms with E-state index in [9.17, 15) is 9.59 Å². The van der Waals surface area contributed by atoms with Gasteiger partial charge >= 0.3 is 0 Å². The number of hydrogen-bond donors (Lipinski definition) is 1. The van der Waals surface area contributed by atoms with Gasteiger partial charge in [0, 0.05) is 19.1 Å². The molecule has 2 fully saturated rings. The van der Waals surface area contributed by atoms with Gasteiger partial charge in [-0.15, -0.1) is 0 Å². The van der Waals surface area contributed by atoms with Crippen molar-refractivity contribution in [1.29, 1.82) is 0 Å². The van der Waals surface area contributed by atoms with Crippen molar-refractivity contribution in [3.63, 3.8) is 0 Å². The van der Waals surface area contributed by atoms with Gasteiger partial charge in [0.05, 0.1) is 12.5 Å². The van der Waals surface area contributed by atoms with Crippen LogP contribution in [0, 0.1) is 0 Å². The van der Waals surface area contributed by atoms with Crippen LogP contribution in [-0.2, 0) is 9.59 Å². The molecule has 17 heavy (non-hydrogen) atoms. The molecular weight excluding hydrogens is 218 g/mol. The zero-order valence-electron chi connectivity index (χ0n) is 10.6. The van der Waals surface area contributed by atoms with Gasteiger partial charge in [0.2, 0.25) is 11.8 Å². The van der Waals surface area contributed by atoms with E-state index in [0.29, 0.717) is 19.0 Å². The summed E-state index contributed by atoms with van der Waals surface area (Å²) >= 11 is 0. The molecule has 2 aliphatic rings. The van der Waals surface area contributed by atoms with Gasteiger partial charge in [-0.3, -0.25) is 14.5 Å². The SMILES string of the molecule is CCN1C(=O)CC(NC2CCCN(C)C2)C1=O. The summed E-state index contributed by atoms with van der Waals surface area (Å²) in [5, 5.41) is 3.34. The van der Waals surface area contributed by atoms with Gasteiger partial charge in [-0.2, -0.15) is 0 Å². The minimum Gasteiger partial charge on any atom is -0.305 e. The van der Waals surface area contributed by atoms with Crippen LogP contribution in [0.3, 0.4) is 0 Å². The summed E-state index contributed by atoms with van der Waals surface area (Å²) in [6.45, 7) is 4.41. The molecule has 96 valence electrons. The number of amides is 2. The number of rotatable bonds is 3.